The van der Waals surface area contributed by atoms with Crippen LogP contribution in [0.4, 0.5) is 5.00 Å². The third-order valence-electron chi connectivity index (χ3n) is 3.23. The maximum absolute atomic E-state index is 10.3. The first-order valence-corrected chi connectivity index (χ1v) is 8.14. The number of benzene rings is 1. The number of hydrogen-bond acceptors (Lipinski definition) is 6. The lowest BCUT2D eigenvalue weighted by atomic mass is 10.0. The van der Waals surface area contributed by atoms with E-state index in [2.05, 4.69) is 20.8 Å². The SMILES string of the molecule is O=NCNC1CN=C(c2ccccc2Cl)c2cc(Cl)sc2N1. The van der Waals surface area contributed by atoms with Gasteiger partial charge in [0, 0.05) is 16.1 Å². The minimum absolute atomic E-state index is 0.0169. The number of nitrogens with one attached hydrogen (secondary N) is 2. The van der Waals surface area contributed by atoms with E-state index in [-0.39, 0.29) is 12.8 Å². The van der Waals surface area contributed by atoms with Crippen LogP contribution >= 0.6 is 34.5 Å². The molecule has 2 heterocycles. The Hall–Kier alpha value is -1.47. The molecule has 0 aliphatic carbocycles. The van der Waals surface area contributed by atoms with Crippen molar-refractivity contribution in [2.24, 2.45) is 10.2 Å². The molecule has 0 fully saturated rings. The molecule has 3 rings (SSSR count). The average Bonchev–Trinajstić information content (AvgIpc) is 2.78. The van der Waals surface area contributed by atoms with Gasteiger partial charge in [-0.3, -0.25) is 10.3 Å². The van der Waals surface area contributed by atoms with E-state index in [1.54, 1.807) is 0 Å². The molecule has 5 nitrogen and oxygen atoms in total. The van der Waals surface area contributed by atoms with E-state index < -0.39 is 0 Å². The van der Waals surface area contributed by atoms with E-state index in [1.165, 1.54) is 11.3 Å². The minimum atomic E-state index is -0.189. The zero-order chi connectivity index (χ0) is 15.5. The molecule has 0 bridgehead atoms. The lowest BCUT2D eigenvalue weighted by Gasteiger charge is -2.15. The van der Waals surface area contributed by atoms with Crippen LogP contribution in [-0.4, -0.2) is 25.1 Å². The monoisotopic (exact) mass is 354 g/mol. The quantitative estimate of drug-likeness (QED) is 0.816. The summed E-state index contributed by atoms with van der Waals surface area (Å²) in [5, 5.41) is 10.6. The Bertz CT molecular complexity index is 731. The van der Waals surface area contributed by atoms with Gasteiger partial charge >= 0.3 is 0 Å². The fourth-order valence-electron chi connectivity index (χ4n) is 2.26. The van der Waals surface area contributed by atoms with Crippen molar-refractivity contribution in [3.05, 3.63) is 55.7 Å². The molecule has 2 N–H and O–H groups in total. The van der Waals surface area contributed by atoms with Gasteiger partial charge in [-0.05, 0) is 12.1 Å². The topological polar surface area (TPSA) is 65.8 Å². The lowest BCUT2D eigenvalue weighted by molar-refractivity contribution is 0.583. The Kier molecular flexibility index (Phi) is 4.73. The summed E-state index contributed by atoms with van der Waals surface area (Å²) < 4.78 is 0.659. The fourth-order valence-corrected chi connectivity index (χ4v) is 3.67. The molecular weight excluding hydrogens is 343 g/mol. The molecule has 1 aromatic heterocycles. The van der Waals surface area contributed by atoms with Crippen molar-refractivity contribution in [2.45, 2.75) is 6.17 Å². The molecule has 0 saturated carbocycles. The van der Waals surface area contributed by atoms with Gasteiger partial charge in [0.1, 0.15) is 11.7 Å². The molecule has 1 aromatic carbocycles. The van der Waals surface area contributed by atoms with Crippen molar-refractivity contribution in [3.8, 4) is 0 Å². The summed E-state index contributed by atoms with van der Waals surface area (Å²) in [6.45, 7) is 0.470. The Labute approximate surface area is 141 Å². The maximum Gasteiger partial charge on any atom is 0.133 e. The van der Waals surface area contributed by atoms with Crippen LogP contribution in [0.1, 0.15) is 11.1 Å². The van der Waals surface area contributed by atoms with E-state index in [1.807, 2.05) is 30.3 Å². The van der Waals surface area contributed by atoms with Gasteiger partial charge in [0.05, 0.1) is 22.8 Å². The number of anilines is 1. The summed E-state index contributed by atoms with van der Waals surface area (Å²) in [6, 6.07) is 9.43. The second kappa shape index (κ2) is 6.75. The molecule has 1 unspecified atom stereocenters. The minimum Gasteiger partial charge on any atom is -0.359 e. The van der Waals surface area contributed by atoms with Gasteiger partial charge in [0.15, 0.2) is 0 Å². The van der Waals surface area contributed by atoms with Crippen molar-refractivity contribution < 1.29 is 0 Å². The Morgan fingerprint density at radius 1 is 1.36 bits per heavy atom. The molecule has 0 amide bonds. The Balaban J connectivity index is 2.03. The van der Waals surface area contributed by atoms with Gasteiger partial charge in [0.2, 0.25) is 0 Å². The summed E-state index contributed by atoms with van der Waals surface area (Å²) in [5.41, 5.74) is 2.56. The molecule has 1 aliphatic rings. The summed E-state index contributed by atoms with van der Waals surface area (Å²) in [7, 11) is 0. The molecule has 1 atom stereocenters. The number of fused-ring (bicyclic) bond motifs is 1. The van der Waals surface area contributed by atoms with Crippen LogP contribution in [0.2, 0.25) is 9.36 Å². The third-order valence-corrected chi connectivity index (χ3v) is 4.75. The van der Waals surface area contributed by atoms with Crippen molar-refractivity contribution >= 4 is 45.3 Å². The lowest BCUT2D eigenvalue weighted by Crippen LogP contribution is -2.38. The summed E-state index contributed by atoms with van der Waals surface area (Å²) in [5.74, 6) is 0. The second-order valence-corrected chi connectivity index (χ2v) is 6.74. The molecular formula is C14H12Cl2N4OS. The van der Waals surface area contributed by atoms with Crippen LogP contribution < -0.4 is 10.6 Å². The van der Waals surface area contributed by atoms with Gasteiger partial charge < -0.3 is 5.32 Å². The van der Waals surface area contributed by atoms with E-state index >= 15 is 0 Å². The van der Waals surface area contributed by atoms with Crippen molar-refractivity contribution in [1.82, 2.24) is 5.32 Å². The average molecular weight is 355 g/mol. The van der Waals surface area contributed by atoms with Crippen LogP contribution in [0.5, 0.6) is 0 Å². The van der Waals surface area contributed by atoms with E-state index in [0.29, 0.717) is 15.9 Å². The first-order valence-electron chi connectivity index (χ1n) is 6.57. The van der Waals surface area contributed by atoms with E-state index in [4.69, 9.17) is 23.2 Å². The molecule has 114 valence electrons. The fraction of sp³-hybridized carbons (Fsp3) is 0.214. The van der Waals surface area contributed by atoms with Gasteiger partial charge in [-0.15, -0.1) is 16.2 Å². The number of hydrogen-bond donors (Lipinski definition) is 2. The Morgan fingerprint density at radius 3 is 2.95 bits per heavy atom. The molecule has 8 heteroatoms. The van der Waals surface area contributed by atoms with E-state index in [9.17, 15) is 4.91 Å². The molecule has 0 saturated heterocycles. The van der Waals surface area contributed by atoms with Gasteiger partial charge in [-0.1, -0.05) is 46.6 Å². The maximum atomic E-state index is 10.3. The number of thiophene rings is 1. The predicted octanol–water partition coefficient (Wildman–Crippen LogP) is 3.96. The van der Waals surface area contributed by atoms with Crippen LogP contribution in [0.15, 0.2) is 40.5 Å². The first-order chi connectivity index (χ1) is 10.7. The molecule has 1 aliphatic heterocycles. The number of aliphatic imine (C=N–C) groups is 1. The third kappa shape index (κ3) is 3.15. The summed E-state index contributed by atoms with van der Waals surface area (Å²) in [4.78, 5) is 15.0. The number of nitrogens with zero attached hydrogens (tertiary/aromatic N) is 2. The normalized spacial score (nSPS) is 17.2. The molecule has 22 heavy (non-hydrogen) atoms. The van der Waals surface area contributed by atoms with Crippen LogP contribution in [-0.2, 0) is 0 Å². The summed E-state index contributed by atoms with van der Waals surface area (Å²) >= 11 is 13.9. The molecule has 0 radical (unpaired) electrons. The van der Waals surface area contributed by atoms with Crippen molar-refractivity contribution in [2.75, 3.05) is 18.5 Å². The van der Waals surface area contributed by atoms with E-state index in [0.717, 1.165) is 21.8 Å². The molecule has 0 spiro atoms. The zero-order valence-corrected chi connectivity index (χ0v) is 13.7. The molecule has 2 aromatic rings. The van der Waals surface area contributed by atoms with Gasteiger partial charge in [-0.25, -0.2) is 0 Å². The highest BCUT2D eigenvalue weighted by atomic mass is 35.5. The smallest absolute Gasteiger partial charge is 0.133 e. The van der Waals surface area contributed by atoms with Crippen LogP contribution in [0.25, 0.3) is 0 Å². The largest absolute Gasteiger partial charge is 0.359 e. The van der Waals surface area contributed by atoms with Crippen LogP contribution in [0.3, 0.4) is 0 Å². The van der Waals surface area contributed by atoms with Crippen molar-refractivity contribution in [1.29, 1.82) is 0 Å². The number of halogens is 2. The highest BCUT2D eigenvalue weighted by Gasteiger charge is 2.23. The number of nitroso groups, excluding NO2 is 1. The summed E-state index contributed by atoms with van der Waals surface area (Å²) in [6.07, 6.45) is -0.189. The Morgan fingerprint density at radius 2 is 2.18 bits per heavy atom. The van der Waals surface area contributed by atoms with Gasteiger partial charge in [0.25, 0.3) is 0 Å². The van der Waals surface area contributed by atoms with Crippen LogP contribution in [0, 0.1) is 4.91 Å². The number of rotatable bonds is 4. The second-order valence-electron chi connectivity index (χ2n) is 4.65. The predicted molar refractivity (Wildman–Crippen MR) is 92.5 cm³/mol. The first kappa shape index (κ1) is 15.4. The highest BCUT2D eigenvalue weighted by molar-refractivity contribution is 7.20. The highest BCUT2D eigenvalue weighted by Crippen LogP contribution is 2.36. The zero-order valence-electron chi connectivity index (χ0n) is 11.3. The van der Waals surface area contributed by atoms with Crippen molar-refractivity contribution in [3.63, 3.8) is 0 Å². The van der Waals surface area contributed by atoms with Gasteiger partial charge in [-0.2, -0.15) is 0 Å². The standard InChI is InChI=1S/C14H12Cl2N4OS/c15-10-4-2-1-3-8(10)13-9-5-11(16)22-14(9)20-12(6-17-13)18-7-19-21/h1-5,12,18,20H,6-7H2.